The Morgan fingerprint density at radius 3 is 2.65 bits per heavy atom. The maximum atomic E-state index is 8.49. The van der Waals surface area contributed by atoms with Gasteiger partial charge < -0.3 is 21.0 Å². The molecule has 0 radical (unpaired) electrons. The number of oxime groups is 1. The molecule has 100 valence electrons. The lowest BCUT2D eigenvalue weighted by molar-refractivity contribution is 0.0340. The van der Waals surface area contributed by atoms with Gasteiger partial charge in [-0.2, -0.15) is 0 Å². The number of ether oxygens (including phenoxy) is 1. The minimum absolute atomic E-state index is 0.210. The predicted octanol–water partition coefficient (Wildman–Crippen LogP) is -0.178. The van der Waals surface area contributed by atoms with E-state index in [0.717, 1.165) is 32.8 Å². The first-order chi connectivity index (χ1) is 8.11. The fraction of sp³-hybridized carbons (Fsp3) is 0.909. The van der Waals surface area contributed by atoms with Crippen molar-refractivity contribution in [1.82, 2.24) is 10.2 Å². The van der Waals surface area contributed by atoms with Gasteiger partial charge in [0.2, 0.25) is 0 Å². The number of rotatable bonds is 6. The van der Waals surface area contributed by atoms with Crippen LogP contribution < -0.4 is 11.1 Å². The van der Waals surface area contributed by atoms with Crippen molar-refractivity contribution in [3.63, 3.8) is 0 Å². The Bertz CT molecular complexity index is 242. The normalized spacial score (nSPS) is 22.4. The number of nitrogens with zero attached hydrogens (tertiary/aromatic N) is 2. The van der Waals surface area contributed by atoms with Crippen LogP contribution in [-0.4, -0.2) is 60.9 Å². The fourth-order valence-electron chi connectivity index (χ4n) is 2.12. The van der Waals surface area contributed by atoms with Crippen LogP contribution in [0.3, 0.4) is 0 Å². The maximum Gasteiger partial charge on any atom is 0.140 e. The van der Waals surface area contributed by atoms with E-state index in [1.165, 1.54) is 0 Å². The van der Waals surface area contributed by atoms with Crippen molar-refractivity contribution in [3.8, 4) is 0 Å². The van der Waals surface area contributed by atoms with E-state index in [1.54, 1.807) is 0 Å². The Balaban J connectivity index is 2.20. The number of amidine groups is 1. The van der Waals surface area contributed by atoms with Crippen LogP contribution in [0.1, 0.15) is 20.3 Å². The van der Waals surface area contributed by atoms with Gasteiger partial charge >= 0.3 is 0 Å². The second-order valence-electron chi connectivity index (χ2n) is 4.68. The average Bonchev–Trinajstić information content (AvgIpc) is 2.29. The third kappa shape index (κ3) is 5.86. The largest absolute Gasteiger partial charge is 0.409 e. The molecule has 0 aromatic heterocycles. The maximum absolute atomic E-state index is 8.49. The van der Waals surface area contributed by atoms with Gasteiger partial charge in [-0.15, -0.1) is 0 Å². The molecule has 0 aromatic rings. The summed E-state index contributed by atoms with van der Waals surface area (Å²) in [4.78, 5) is 2.39. The van der Waals surface area contributed by atoms with E-state index in [2.05, 4.69) is 22.3 Å². The lowest BCUT2D eigenvalue weighted by Crippen LogP contribution is -2.47. The Morgan fingerprint density at radius 2 is 2.06 bits per heavy atom. The first kappa shape index (κ1) is 14.2. The summed E-state index contributed by atoms with van der Waals surface area (Å²) in [7, 11) is 0. The molecule has 0 spiro atoms. The molecule has 1 rings (SSSR count). The molecule has 17 heavy (non-hydrogen) atoms. The molecule has 1 saturated heterocycles. The van der Waals surface area contributed by atoms with Crippen molar-refractivity contribution in [3.05, 3.63) is 0 Å². The van der Waals surface area contributed by atoms with Crippen LogP contribution in [-0.2, 0) is 4.74 Å². The Labute approximate surface area is 103 Å². The number of hydrogen-bond donors (Lipinski definition) is 3. The molecule has 0 saturated carbocycles. The zero-order chi connectivity index (χ0) is 12.7. The molecule has 2 unspecified atom stereocenters. The van der Waals surface area contributed by atoms with Gasteiger partial charge in [-0.3, -0.25) is 4.90 Å². The average molecular weight is 244 g/mol. The highest BCUT2D eigenvalue weighted by Gasteiger charge is 2.15. The van der Waals surface area contributed by atoms with E-state index in [-0.39, 0.29) is 11.9 Å². The summed E-state index contributed by atoms with van der Waals surface area (Å²) in [5.41, 5.74) is 5.47. The van der Waals surface area contributed by atoms with Gasteiger partial charge in [-0.05, 0) is 13.8 Å². The molecule has 2 atom stereocenters. The van der Waals surface area contributed by atoms with Crippen LogP contribution in [0.5, 0.6) is 0 Å². The Hall–Kier alpha value is -0.850. The minimum atomic E-state index is 0.210. The standard InChI is InChI=1S/C11H24N4O2/c1-9(7-11(12)14-16)13-10(2)8-15-3-5-17-6-4-15/h9-10,13,16H,3-8H2,1-2H3,(H2,12,14). The highest BCUT2D eigenvalue weighted by atomic mass is 16.5. The number of nitrogens with two attached hydrogens (primary N) is 1. The van der Waals surface area contributed by atoms with Crippen LogP contribution in [0, 0.1) is 0 Å². The summed E-state index contributed by atoms with van der Waals surface area (Å²) in [5.74, 6) is 0.267. The summed E-state index contributed by atoms with van der Waals surface area (Å²) in [6.45, 7) is 8.84. The zero-order valence-electron chi connectivity index (χ0n) is 10.7. The SMILES string of the molecule is CC(CC(N)=NO)NC(C)CN1CCOCC1. The molecule has 0 amide bonds. The van der Waals surface area contributed by atoms with Crippen LogP contribution in [0.4, 0.5) is 0 Å². The molecule has 1 heterocycles. The molecule has 0 bridgehead atoms. The molecule has 0 aromatic carbocycles. The van der Waals surface area contributed by atoms with E-state index < -0.39 is 0 Å². The van der Waals surface area contributed by atoms with Gasteiger partial charge in [0.15, 0.2) is 0 Å². The Kier molecular flexibility index (Phi) is 6.25. The number of hydrogen-bond acceptors (Lipinski definition) is 5. The van der Waals surface area contributed by atoms with Crippen molar-refractivity contribution < 1.29 is 9.94 Å². The Morgan fingerprint density at radius 1 is 1.41 bits per heavy atom. The van der Waals surface area contributed by atoms with E-state index in [0.29, 0.717) is 12.5 Å². The lowest BCUT2D eigenvalue weighted by atomic mass is 10.2. The van der Waals surface area contributed by atoms with E-state index in [1.807, 2.05) is 6.92 Å². The van der Waals surface area contributed by atoms with Crippen molar-refractivity contribution in [2.24, 2.45) is 10.9 Å². The van der Waals surface area contributed by atoms with E-state index >= 15 is 0 Å². The first-order valence-electron chi connectivity index (χ1n) is 6.14. The third-order valence-corrected chi connectivity index (χ3v) is 2.85. The minimum Gasteiger partial charge on any atom is -0.409 e. The number of morpholine rings is 1. The second-order valence-corrected chi connectivity index (χ2v) is 4.68. The van der Waals surface area contributed by atoms with Crippen molar-refractivity contribution in [1.29, 1.82) is 0 Å². The smallest absolute Gasteiger partial charge is 0.140 e. The van der Waals surface area contributed by atoms with Crippen molar-refractivity contribution in [2.45, 2.75) is 32.4 Å². The highest BCUT2D eigenvalue weighted by Crippen LogP contribution is 2.00. The second kappa shape index (κ2) is 7.47. The van der Waals surface area contributed by atoms with E-state index in [4.69, 9.17) is 15.7 Å². The van der Waals surface area contributed by atoms with Gasteiger partial charge in [0.1, 0.15) is 5.84 Å². The monoisotopic (exact) mass is 244 g/mol. The molecular weight excluding hydrogens is 220 g/mol. The molecular formula is C11H24N4O2. The van der Waals surface area contributed by atoms with Crippen LogP contribution in [0.25, 0.3) is 0 Å². The fourth-order valence-corrected chi connectivity index (χ4v) is 2.12. The zero-order valence-corrected chi connectivity index (χ0v) is 10.7. The third-order valence-electron chi connectivity index (χ3n) is 2.85. The molecule has 6 nitrogen and oxygen atoms in total. The van der Waals surface area contributed by atoms with Crippen LogP contribution in [0.15, 0.2) is 5.16 Å². The highest BCUT2D eigenvalue weighted by molar-refractivity contribution is 5.80. The van der Waals surface area contributed by atoms with Crippen LogP contribution >= 0.6 is 0 Å². The first-order valence-corrected chi connectivity index (χ1v) is 6.14. The summed E-state index contributed by atoms with van der Waals surface area (Å²) in [6.07, 6.45) is 0.559. The molecule has 4 N–H and O–H groups in total. The molecule has 1 aliphatic rings. The van der Waals surface area contributed by atoms with Crippen molar-refractivity contribution in [2.75, 3.05) is 32.8 Å². The van der Waals surface area contributed by atoms with Crippen LogP contribution in [0.2, 0.25) is 0 Å². The van der Waals surface area contributed by atoms with Gasteiger partial charge in [0, 0.05) is 38.1 Å². The topological polar surface area (TPSA) is 83.1 Å². The lowest BCUT2D eigenvalue weighted by Gasteiger charge is -2.30. The van der Waals surface area contributed by atoms with Gasteiger partial charge in [-0.25, -0.2) is 0 Å². The quantitative estimate of drug-likeness (QED) is 0.261. The summed E-state index contributed by atoms with van der Waals surface area (Å²) in [5, 5.41) is 14.9. The predicted molar refractivity (Wildman–Crippen MR) is 67.3 cm³/mol. The van der Waals surface area contributed by atoms with E-state index in [9.17, 15) is 0 Å². The molecule has 1 aliphatic heterocycles. The number of nitrogens with one attached hydrogen (secondary N) is 1. The van der Waals surface area contributed by atoms with Crippen molar-refractivity contribution >= 4 is 5.84 Å². The summed E-state index contributed by atoms with van der Waals surface area (Å²) < 4.78 is 5.31. The molecule has 1 fully saturated rings. The van der Waals surface area contributed by atoms with Gasteiger partial charge in [-0.1, -0.05) is 5.16 Å². The molecule has 0 aliphatic carbocycles. The van der Waals surface area contributed by atoms with Gasteiger partial charge in [0.05, 0.1) is 13.2 Å². The van der Waals surface area contributed by atoms with Gasteiger partial charge in [0.25, 0.3) is 0 Å². The summed E-state index contributed by atoms with van der Waals surface area (Å²) in [6, 6.07) is 0.594. The summed E-state index contributed by atoms with van der Waals surface area (Å²) >= 11 is 0. The molecule has 6 heteroatoms.